The Balaban J connectivity index is 2.89. The first-order valence-electron chi connectivity index (χ1n) is 5.53. The summed E-state index contributed by atoms with van der Waals surface area (Å²) in [4.78, 5) is 0. The summed E-state index contributed by atoms with van der Waals surface area (Å²) in [6, 6.07) is 6.50. The third-order valence-corrected chi connectivity index (χ3v) is 3.21. The molecule has 0 aliphatic carbocycles. The van der Waals surface area contributed by atoms with E-state index in [9.17, 15) is 4.39 Å². The van der Waals surface area contributed by atoms with Crippen LogP contribution < -0.4 is 5.73 Å². The molecule has 0 fully saturated rings. The highest BCUT2D eigenvalue weighted by molar-refractivity contribution is 5.24. The molecule has 84 valence electrons. The van der Waals surface area contributed by atoms with Gasteiger partial charge >= 0.3 is 0 Å². The number of rotatable bonds is 4. The van der Waals surface area contributed by atoms with Gasteiger partial charge in [-0.1, -0.05) is 32.4 Å². The molecular weight excluding hydrogens is 189 g/mol. The van der Waals surface area contributed by atoms with Crippen molar-refractivity contribution in [2.24, 2.45) is 11.7 Å². The van der Waals surface area contributed by atoms with Crippen LogP contribution in [0.4, 0.5) is 4.39 Å². The minimum Gasteiger partial charge on any atom is -0.321 e. The lowest BCUT2D eigenvalue weighted by Crippen LogP contribution is -2.39. The predicted molar refractivity (Wildman–Crippen MR) is 62.0 cm³/mol. The van der Waals surface area contributed by atoms with Crippen LogP contribution in [0.15, 0.2) is 24.3 Å². The van der Waals surface area contributed by atoms with Crippen molar-refractivity contribution in [3.63, 3.8) is 0 Å². The molecule has 15 heavy (non-hydrogen) atoms. The van der Waals surface area contributed by atoms with Gasteiger partial charge in [-0.2, -0.15) is 0 Å². The summed E-state index contributed by atoms with van der Waals surface area (Å²) in [6.45, 7) is 6.31. The summed E-state index contributed by atoms with van der Waals surface area (Å²) < 4.78 is 12.8. The lowest BCUT2D eigenvalue weighted by molar-refractivity contribution is 0.304. The first kappa shape index (κ1) is 12.2. The molecule has 0 aliphatic rings. The average molecular weight is 209 g/mol. The Hall–Kier alpha value is -0.890. The maximum atomic E-state index is 12.8. The first-order chi connectivity index (χ1) is 6.98. The Kier molecular flexibility index (Phi) is 3.86. The van der Waals surface area contributed by atoms with Gasteiger partial charge < -0.3 is 5.73 Å². The van der Waals surface area contributed by atoms with Crippen molar-refractivity contribution in [3.05, 3.63) is 35.6 Å². The molecule has 0 bridgehead atoms. The highest BCUT2D eigenvalue weighted by atomic mass is 19.1. The van der Waals surface area contributed by atoms with Gasteiger partial charge in [0.05, 0.1) is 0 Å². The van der Waals surface area contributed by atoms with Crippen LogP contribution in [0, 0.1) is 11.7 Å². The minimum atomic E-state index is -0.371. The molecule has 0 aromatic heterocycles. The third kappa shape index (κ3) is 2.78. The highest BCUT2D eigenvalue weighted by Crippen LogP contribution is 2.29. The Morgan fingerprint density at radius 2 is 1.87 bits per heavy atom. The molecule has 0 spiro atoms. The second-order valence-corrected chi connectivity index (χ2v) is 4.48. The molecule has 0 aliphatic heterocycles. The molecule has 1 aromatic rings. The van der Waals surface area contributed by atoms with Crippen LogP contribution in [-0.2, 0) is 5.54 Å². The van der Waals surface area contributed by atoms with Gasteiger partial charge in [0.15, 0.2) is 0 Å². The lowest BCUT2D eigenvalue weighted by atomic mass is 9.79. The SMILES string of the molecule is CCCC(C)C(C)(N)c1ccc(F)cc1. The van der Waals surface area contributed by atoms with Crippen LogP contribution in [-0.4, -0.2) is 0 Å². The molecule has 0 saturated heterocycles. The number of halogens is 1. The smallest absolute Gasteiger partial charge is 0.123 e. The van der Waals surface area contributed by atoms with E-state index in [1.807, 2.05) is 6.92 Å². The number of benzene rings is 1. The second-order valence-electron chi connectivity index (χ2n) is 4.48. The van der Waals surface area contributed by atoms with E-state index in [0.717, 1.165) is 18.4 Å². The summed E-state index contributed by atoms with van der Waals surface area (Å²) in [7, 11) is 0. The van der Waals surface area contributed by atoms with E-state index in [0.29, 0.717) is 5.92 Å². The maximum absolute atomic E-state index is 12.8. The maximum Gasteiger partial charge on any atom is 0.123 e. The van der Waals surface area contributed by atoms with Crippen molar-refractivity contribution in [2.75, 3.05) is 0 Å². The Bertz CT molecular complexity index is 303. The molecule has 1 nitrogen and oxygen atoms in total. The fourth-order valence-electron chi connectivity index (χ4n) is 1.83. The van der Waals surface area contributed by atoms with E-state index in [4.69, 9.17) is 5.73 Å². The van der Waals surface area contributed by atoms with Gasteiger partial charge in [0.2, 0.25) is 0 Å². The van der Waals surface area contributed by atoms with Gasteiger partial charge in [-0.05, 0) is 37.0 Å². The van der Waals surface area contributed by atoms with E-state index in [2.05, 4.69) is 13.8 Å². The van der Waals surface area contributed by atoms with E-state index in [-0.39, 0.29) is 11.4 Å². The van der Waals surface area contributed by atoms with Crippen molar-refractivity contribution in [1.29, 1.82) is 0 Å². The standard InChI is InChI=1S/C13H20FN/c1-4-5-10(2)13(3,15)11-6-8-12(14)9-7-11/h6-10H,4-5,15H2,1-3H3. The number of hydrogen-bond donors (Lipinski definition) is 1. The highest BCUT2D eigenvalue weighted by Gasteiger charge is 2.27. The van der Waals surface area contributed by atoms with Gasteiger partial charge in [-0.15, -0.1) is 0 Å². The second kappa shape index (κ2) is 4.75. The topological polar surface area (TPSA) is 26.0 Å². The quantitative estimate of drug-likeness (QED) is 0.807. The van der Waals surface area contributed by atoms with Crippen molar-refractivity contribution in [2.45, 2.75) is 39.2 Å². The zero-order valence-electron chi connectivity index (χ0n) is 9.76. The summed E-state index contributed by atoms with van der Waals surface area (Å²) in [5, 5.41) is 0. The molecule has 2 N–H and O–H groups in total. The average Bonchev–Trinajstić information content (AvgIpc) is 2.18. The first-order valence-corrected chi connectivity index (χ1v) is 5.53. The molecule has 0 saturated carbocycles. The predicted octanol–water partition coefficient (Wildman–Crippen LogP) is 3.44. The molecule has 0 radical (unpaired) electrons. The Morgan fingerprint density at radius 1 is 1.33 bits per heavy atom. The van der Waals surface area contributed by atoms with Gasteiger partial charge in [-0.3, -0.25) is 0 Å². The molecule has 2 unspecified atom stereocenters. The molecule has 0 heterocycles. The molecule has 0 amide bonds. The minimum absolute atomic E-state index is 0.210. The largest absolute Gasteiger partial charge is 0.321 e. The number of nitrogens with two attached hydrogens (primary N) is 1. The zero-order valence-corrected chi connectivity index (χ0v) is 9.76. The van der Waals surface area contributed by atoms with E-state index < -0.39 is 0 Å². The molecule has 2 heteroatoms. The molecule has 1 rings (SSSR count). The summed E-state index contributed by atoms with van der Waals surface area (Å²) in [5.41, 5.74) is 6.93. The summed E-state index contributed by atoms with van der Waals surface area (Å²) in [5.74, 6) is 0.186. The number of hydrogen-bond acceptors (Lipinski definition) is 1. The van der Waals surface area contributed by atoms with E-state index in [1.165, 1.54) is 12.1 Å². The Labute approximate surface area is 91.5 Å². The van der Waals surface area contributed by atoms with E-state index >= 15 is 0 Å². The van der Waals surface area contributed by atoms with Crippen LogP contribution in [0.3, 0.4) is 0 Å². The van der Waals surface area contributed by atoms with Crippen LogP contribution in [0.25, 0.3) is 0 Å². The van der Waals surface area contributed by atoms with Gasteiger partial charge in [0.25, 0.3) is 0 Å². The monoisotopic (exact) mass is 209 g/mol. The van der Waals surface area contributed by atoms with Crippen molar-refractivity contribution < 1.29 is 4.39 Å². The van der Waals surface area contributed by atoms with Crippen molar-refractivity contribution in [1.82, 2.24) is 0 Å². The fourth-order valence-corrected chi connectivity index (χ4v) is 1.83. The van der Waals surface area contributed by atoms with Crippen LogP contribution in [0.2, 0.25) is 0 Å². The third-order valence-electron chi connectivity index (χ3n) is 3.21. The molecule has 2 atom stereocenters. The van der Waals surface area contributed by atoms with Crippen LogP contribution in [0.5, 0.6) is 0 Å². The summed E-state index contributed by atoms with van der Waals surface area (Å²) in [6.07, 6.45) is 2.21. The van der Waals surface area contributed by atoms with Gasteiger partial charge in [0, 0.05) is 5.54 Å². The zero-order chi connectivity index (χ0) is 11.5. The molecular formula is C13H20FN. The van der Waals surface area contributed by atoms with Gasteiger partial charge in [0.1, 0.15) is 5.82 Å². The fraction of sp³-hybridized carbons (Fsp3) is 0.538. The van der Waals surface area contributed by atoms with Gasteiger partial charge in [-0.25, -0.2) is 4.39 Å². The van der Waals surface area contributed by atoms with E-state index in [1.54, 1.807) is 12.1 Å². The van der Waals surface area contributed by atoms with Crippen molar-refractivity contribution in [3.8, 4) is 0 Å². The van der Waals surface area contributed by atoms with Crippen molar-refractivity contribution >= 4 is 0 Å². The van der Waals surface area contributed by atoms with Crippen LogP contribution >= 0.6 is 0 Å². The Morgan fingerprint density at radius 3 is 2.33 bits per heavy atom. The normalized spacial score (nSPS) is 17.1. The summed E-state index contributed by atoms with van der Waals surface area (Å²) >= 11 is 0. The molecule has 1 aromatic carbocycles. The lowest BCUT2D eigenvalue weighted by Gasteiger charge is -2.32. The van der Waals surface area contributed by atoms with Crippen LogP contribution in [0.1, 0.15) is 39.2 Å².